The molecule has 0 unspecified atom stereocenters. The lowest BCUT2D eigenvalue weighted by Gasteiger charge is -2.25. The van der Waals surface area contributed by atoms with Gasteiger partial charge in [-0.05, 0) is 100 Å². The third-order valence-corrected chi connectivity index (χ3v) is 7.70. The van der Waals surface area contributed by atoms with Crippen molar-refractivity contribution in [2.24, 2.45) is 0 Å². The van der Waals surface area contributed by atoms with Crippen LogP contribution >= 0.6 is 0 Å². The highest BCUT2D eigenvalue weighted by atomic mass is 16.5. The fourth-order valence-corrected chi connectivity index (χ4v) is 5.28. The van der Waals surface area contributed by atoms with Gasteiger partial charge in [0.15, 0.2) is 0 Å². The molecule has 6 aromatic carbocycles. The molecule has 0 fully saturated rings. The van der Waals surface area contributed by atoms with Crippen LogP contribution in [-0.2, 0) is 0 Å². The third-order valence-electron chi connectivity index (χ3n) is 7.70. The molecule has 0 spiro atoms. The average molecular weight is 586 g/mol. The zero-order valence-corrected chi connectivity index (χ0v) is 25.5. The van der Waals surface area contributed by atoms with Crippen LogP contribution in [0.15, 0.2) is 158 Å². The van der Waals surface area contributed by atoms with Crippen molar-refractivity contribution in [2.75, 3.05) is 19.1 Å². The topological polar surface area (TPSA) is 21.7 Å². The molecule has 0 bridgehead atoms. The van der Waals surface area contributed by atoms with Crippen molar-refractivity contribution in [1.82, 2.24) is 0 Å². The molecule has 0 aliphatic heterocycles. The van der Waals surface area contributed by atoms with Crippen LogP contribution in [0.2, 0.25) is 0 Å². The number of ether oxygens (including phenoxy) is 2. The Labute approximate surface area is 266 Å². The number of methoxy groups -OCH3 is 2. The van der Waals surface area contributed by atoms with Gasteiger partial charge in [-0.25, -0.2) is 0 Å². The van der Waals surface area contributed by atoms with Crippen LogP contribution in [0.5, 0.6) is 11.5 Å². The van der Waals surface area contributed by atoms with Gasteiger partial charge >= 0.3 is 0 Å². The van der Waals surface area contributed by atoms with Gasteiger partial charge in [0.2, 0.25) is 0 Å². The molecular formula is C42H35NO2. The molecule has 6 aromatic rings. The monoisotopic (exact) mass is 585 g/mol. The highest BCUT2D eigenvalue weighted by molar-refractivity contribution is 5.92. The molecule has 0 N–H and O–H groups in total. The number of nitrogens with zero attached hydrogens (tertiary/aromatic N) is 1. The van der Waals surface area contributed by atoms with E-state index in [-0.39, 0.29) is 0 Å². The molecule has 0 amide bonds. The Morgan fingerprint density at radius 1 is 0.422 bits per heavy atom. The Balaban J connectivity index is 1.32. The fraction of sp³-hybridized carbons (Fsp3) is 0.0476. The zero-order valence-electron chi connectivity index (χ0n) is 25.5. The SMILES string of the molecule is COc1ccc(C(=Cc2ccc(N(c3ccccc3)c3ccc(C=Cc4ccccc4)cc3)cc2)c2ccc(OC)cc2)cc1. The molecule has 0 radical (unpaired) electrons. The second-order valence-electron chi connectivity index (χ2n) is 10.6. The summed E-state index contributed by atoms with van der Waals surface area (Å²) < 4.78 is 10.8. The van der Waals surface area contributed by atoms with Crippen LogP contribution in [0.3, 0.4) is 0 Å². The number of anilines is 3. The van der Waals surface area contributed by atoms with Crippen LogP contribution in [0, 0.1) is 0 Å². The van der Waals surface area contributed by atoms with Gasteiger partial charge in [-0.2, -0.15) is 0 Å². The quantitative estimate of drug-likeness (QED) is 0.149. The number of hydrogen-bond donors (Lipinski definition) is 0. The molecule has 0 saturated carbocycles. The smallest absolute Gasteiger partial charge is 0.118 e. The van der Waals surface area contributed by atoms with Crippen LogP contribution in [0.25, 0.3) is 23.8 Å². The summed E-state index contributed by atoms with van der Waals surface area (Å²) in [5, 5.41) is 0. The Morgan fingerprint density at radius 2 is 0.822 bits per heavy atom. The molecule has 45 heavy (non-hydrogen) atoms. The van der Waals surface area contributed by atoms with Crippen LogP contribution < -0.4 is 14.4 Å². The maximum Gasteiger partial charge on any atom is 0.118 e. The summed E-state index contributed by atoms with van der Waals surface area (Å²) in [5.41, 5.74) is 10.1. The second-order valence-corrected chi connectivity index (χ2v) is 10.6. The molecule has 3 heteroatoms. The van der Waals surface area contributed by atoms with Crippen molar-refractivity contribution in [3.05, 3.63) is 186 Å². The average Bonchev–Trinajstić information content (AvgIpc) is 3.12. The van der Waals surface area contributed by atoms with Crippen molar-refractivity contribution >= 4 is 40.9 Å². The summed E-state index contributed by atoms with van der Waals surface area (Å²) in [5.74, 6) is 1.66. The predicted octanol–water partition coefficient (Wildman–Crippen LogP) is 10.9. The molecule has 0 saturated heterocycles. The minimum atomic E-state index is 0.832. The molecule has 6 rings (SSSR count). The first-order chi connectivity index (χ1) is 22.2. The van der Waals surface area contributed by atoms with Crippen LogP contribution in [-0.4, -0.2) is 14.2 Å². The van der Waals surface area contributed by atoms with Crippen molar-refractivity contribution in [2.45, 2.75) is 0 Å². The second kappa shape index (κ2) is 14.1. The van der Waals surface area contributed by atoms with Crippen LogP contribution in [0.1, 0.15) is 27.8 Å². The highest BCUT2D eigenvalue weighted by Gasteiger charge is 2.13. The van der Waals surface area contributed by atoms with Crippen molar-refractivity contribution in [1.29, 1.82) is 0 Å². The standard InChI is InChI=1S/C42H35NO2/c1-44-40-27-19-35(20-28-40)42(36-21-29-41(45-2)30-22-36)31-34-17-25-39(26-18-34)43(37-11-7-4-8-12-37)38-23-15-33(16-24-38)14-13-32-9-5-3-6-10-32/h3-31H,1-2H3. The lowest BCUT2D eigenvalue weighted by Crippen LogP contribution is -2.09. The molecular weight excluding hydrogens is 550 g/mol. The van der Waals surface area contributed by atoms with Crippen molar-refractivity contribution in [3.63, 3.8) is 0 Å². The van der Waals surface area contributed by atoms with E-state index in [1.165, 1.54) is 5.56 Å². The van der Waals surface area contributed by atoms with Crippen molar-refractivity contribution < 1.29 is 9.47 Å². The van der Waals surface area contributed by atoms with E-state index in [1.54, 1.807) is 14.2 Å². The first-order valence-corrected chi connectivity index (χ1v) is 15.0. The summed E-state index contributed by atoms with van der Waals surface area (Å²) in [6.07, 6.45) is 6.52. The lowest BCUT2D eigenvalue weighted by molar-refractivity contribution is 0.414. The number of benzene rings is 6. The Morgan fingerprint density at radius 3 is 1.29 bits per heavy atom. The van der Waals surface area contributed by atoms with Gasteiger partial charge in [0.25, 0.3) is 0 Å². The third kappa shape index (κ3) is 7.23. The van der Waals surface area contributed by atoms with E-state index in [4.69, 9.17) is 9.47 Å². The number of hydrogen-bond acceptors (Lipinski definition) is 3. The van der Waals surface area contributed by atoms with Gasteiger partial charge in [0.05, 0.1) is 14.2 Å². The lowest BCUT2D eigenvalue weighted by atomic mass is 9.95. The summed E-state index contributed by atoms with van der Waals surface area (Å²) in [4.78, 5) is 2.28. The first-order valence-electron chi connectivity index (χ1n) is 15.0. The van der Waals surface area contributed by atoms with E-state index >= 15 is 0 Å². The molecule has 0 atom stereocenters. The summed E-state index contributed by atoms with van der Waals surface area (Å²) in [6.45, 7) is 0. The van der Waals surface area contributed by atoms with Gasteiger partial charge in [-0.3, -0.25) is 0 Å². The summed E-state index contributed by atoms with van der Waals surface area (Å²) in [6, 6.07) is 54.6. The predicted molar refractivity (Wildman–Crippen MR) is 189 cm³/mol. The van der Waals surface area contributed by atoms with Gasteiger partial charge in [0, 0.05) is 17.1 Å². The molecule has 3 nitrogen and oxygen atoms in total. The van der Waals surface area contributed by atoms with Crippen molar-refractivity contribution in [3.8, 4) is 11.5 Å². The Hall–Kier alpha value is -5.80. The van der Waals surface area contributed by atoms with Gasteiger partial charge in [-0.1, -0.05) is 109 Å². The molecule has 220 valence electrons. The minimum absolute atomic E-state index is 0.832. The van der Waals surface area contributed by atoms with E-state index in [0.29, 0.717) is 0 Å². The normalized spacial score (nSPS) is 10.8. The summed E-state index contributed by atoms with van der Waals surface area (Å²) >= 11 is 0. The minimum Gasteiger partial charge on any atom is -0.497 e. The highest BCUT2D eigenvalue weighted by Crippen LogP contribution is 2.35. The van der Waals surface area contributed by atoms with Gasteiger partial charge < -0.3 is 14.4 Å². The van der Waals surface area contributed by atoms with E-state index in [0.717, 1.165) is 56.4 Å². The molecule has 0 aliphatic rings. The van der Waals surface area contributed by atoms with E-state index < -0.39 is 0 Å². The van der Waals surface area contributed by atoms with E-state index in [2.05, 4.69) is 144 Å². The Bertz CT molecular complexity index is 1810. The number of para-hydroxylation sites is 1. The first kappa shape index (κ1) is 29.3. The Kier molecular flexibility index (Phi) is 9.18. The van der Waals surface area contributed by atoms with Gasteiger partial charge in [0.1, 0.15) is 11.5 Å². The maximum absolute atomic E-state index is 5.40. The largest absolute Gasteiger partial charge is 0.497 e. The summed E-state index contributed by atoms with van der Waals surface area (Å²) in [7, 11) is 3.37. The molecule has 0 aliphatic carbocycles. The van der Waals surface area contributed by atoms with Crippen LogP contribution in [0.4, 0.5) is 17.1 Å². The fourth-order valence-electron chi connectivity index (χ4n) is 5.28. The maximum atomic E-state index is 5.40. The number of rotatable bonds is 10. The zero-order chi connectivity index (χ0) is 30.8. The molecule has 0 aromatic heterocycles. The van der Waals surface area contributed by atoms with E-state index in [1.807, 2.05) is 36.4 Å². The van der Waals surface area contributed by atoms with Gasteiger partial charge in [-0.15, -0.1) is 0 Å². The molecule has 0 heterocycles. The van der Waals surface area contributed by atoms with E-state index in [9.17, 15) is 0 Å².